The van der Waals surface area contributed by atoms with Crippen LogP contribution in [0.2, 0.25) is 0 Å². The van der Waals surface area contributed by atoms with E-state index in [1.54, 1.807) is 12.1 Å². The van der Waals surface area contributed by atoms with Crippen LogP contribution in [0.1, 0.15) is 31.5 Å². The molecular weight excluding hydrogens is 224 g/mol. The molecule has 1 heterocycles. The highest BCUT2D eigenvalue weighted by Crippen LogP contribution is 2.16. The lowest BCUT2D eigenvalue weighted by atomic mass is 10.2. The minimum atomic E-state index is 0.463. The van der Waals surface area contributed by atoms with Crippen LogP contribution in [0.4, 0.5) is 5.82 Å². The molecule has 4 nitrogen and oxygen atoms in total. The highest BCUT2D eigenvalue weighted by molar-refractivity contribution is 5.46. The van der Waals surface area contributed by atoms with Gasteiger partial charge in [-0.15, -0.1) is 0 Å². The van der Waals surface area contributed by atoms with Crippen molar-refractivity contribution in [2.45, 2.75) is 27.2 Å². The molecule has 0 amide bonds. The molecule has 4 heteroatoms. The van der Waals surface area contributed by atoms with Gasteiger partial charge in [0, 0.05) is 18.8 Å². The minimum Gasteiger partial charge on any atom is -0.355 e. The Hall–Kier alpha value is -2.07. The van der Waals surface area contributed by atoms with Gasteiger partial charge in [0.05, 0.1) is 24.1 Å². The summed E-state index contributed by atoms with van der Waals surface area (Å²) in [5, 5.41) is 17.7. The second-order valence-electron chi connectivity index (χ2n) is 4.72. The van der Waals surface area contributed by atoms with Crippen LogP contribution in [0, 0.1) is 35.5 Å². The number of anilines is 1. The average Bonchev–Trinajstić information content (AvgIpc) is 2.33. The highest BCUT2D eigenvalue weighted by Gasteiger charge is 2.11. The predicted octanol–water partition coefficient (Wildman–Crippen LogP) is 2.64. The molecule has 0 spiro atoms. The van der Waals surface area contributed by atoms with Crippen molar-refractivity contribution < 1.29 is 0 Å². The van der Waals surface area contributed by atoms with Gasteiger partial charge in [0.2, 0.25) is 0 Å². The smallest absolute Gasteiger partial charge is 0.130 e. The molecule has 0 radical (unpaired) electrons. The molecule has 0 aliphatic heterocycles. The van der Waals surface area contributed by atoms with Crippen LogP contribution in [0.25, 0.3) is 0 Å². The van der Waals surface area contributed by atoms with Crippen LogP contribution in [0.5, 0.6) is 0 Å². The zero-order valence-corrected chi connectivity index (χ0v) is 11.1. The fraction of sp³-hybridized carbons (Fsp3) is 0.500. The molecule has 0 saturated heterocycles. The first-order chi connectivity index (χ1) is 8.56. The number of hydrogen-bond acceptors (Lipinski definition) is 4. The predicted molar refractivity (Wildman–Crippen MR) is 71.0 cm³/mol. The van der Waals surface area contributed by atoms with Crippen molar-refractivity contribution in [3.8, 4) is 12.1 Å². The Kier molecular flexibility index (Phi) is 5.14. The van der Waals surface area contributed by atoms with Crippen LogP contribution in [-0.4, -0.2) is 18.1 Å². The Labute approximate surface area is 108 Å². The summed E-state index contributed by atoms with van der Waals surface area (Å²) in [5.74, 6) is 1.27. The van der Waals surface area contributed by atoms with Gasteiger partial charge in [0.1, 0.15) is 5.82 Å². The molecule has 1 aromatic rings. The van der Waals surface area contributed by atoms with Gasteiger partial charge in [0.15, 0.2) is 0 Å². The number of aryl methyl sites for hydroxylation is 1. The third kappa shape index (κ3) is 4.07. The second-order valence-corrected chi connectivity index (χ2v) is 4.72. The van der Waals surface area contributed by atoms with E-state index in [4.69, 9.17) is 10.5 Å². The van der Waals surface area contributed by atoms with Crippen molar-refractivity contribution in [1.82, 2.24) is 4.98 Å². The van der Waals surface area contributed by atoms with Gasteiger partial charge >= 0.3 is 0 Å². The molecule has 94 valence electrons. The van der Waals surface area contributed by atoms with E-state index in [1.807, 2.05) is 6.92 Å². The van der Waals surface area contributed by atoms with Crippen molar-refractivity contribution in [2.75, 3.05) is 18.0 Å². The maximum Gasteiger partial charge on any atom is 0.130 e. The van der Waals surface area contributed by atoms with Crippen molar-refractivity contribution >= 4 is 5.82 Å². The lowest BCUT2D eigenvalue weighted by molar-refractivity contribution is 0.607. The summed E-state index contributed by atoms with van der Waals surface area (Å²) in [6.07, 6.45) is 0.463. The summed E-state index contributed by atoms with van der Waals surface area (Å²) in [6, 6.07) is 7.84. The topological polar surface area (TPSA) is 63.7 Å². The summed E-state index contributed by atoms with van der Waals surface area (Å²) in [4.78, 5) is 6.52. The molecule has 0 aromatic carbocycles. The second kappa shape index (κ2) is 6.61. The van der Waals surface area contributed by atoms with Gasteiger partial charge in [-0.1, -0.05) is 13.8 Å². The van der Waals surface area contributed by atoms with E-state index in [9.17, 15) is 0 Å². The Morgan fingerprint density at radius 3 is 2.61 bits per heavy atom. The third-order valence-electron chi connectivity index (χ3n) is 2.47. The molecule has 0 aliphatic carbocycles. The van der Waals surface area contributed by atoms with E-state index >= 15 is 0 Å². The number of pyridine rings is 1. The third-order valence-corrected chi connectivity index (χ3v) is 2.47. The van der Waals surface area contributed by atoms with E-state index in [-0.39, 0.29) is 0 Å². The number of nitrogens with zero attached hydrogens (tertiary/aromatic N) is 4. The fourth-order valence-corrected chi connectivity index (χ4v) is 1.80. The summed E-state index contributed by atoms with van der Waals surface area (Å²) < 4.78 is 0. The molecular formula is C14H18N4. The molecule has 0 saturated carbocycles. The standard InChI is InChI=1S/C14H18N4/c1-11(2)10-18(6-4-5-15)14-8-13(9-16)7-12(3)17-14/h7-8,11H,4,6,10H2,1-3H3. The van der Waals surface area contributed by atoms with Crippen LogP contribution in [-0.2, 0) is 0 Å². The van der Waals surface area contributed by atoms with Gasteiger partial charge in [-0.2, -0.15) is 10.5 Å². The molecule has 0 aliphatic rings. The van der Waals surface area contributed by atoms with Crippen LogP contribution >= 0.6 is 0 Å². The van der Waals surface area contributed by atoms with E-state index in [2.05, 4.69) is 35.9 Å². The number of hydrogen-bond donors (Lipinski definition) is 0. The van der Waals surface area contributed by atoms with Crippen LogP contribution < -0.4 is 4.90 Å². The Morgan fingerprint density at radius 2 is 2.06 bits per heavy atom. The first-order valence-electron chi connectivity index (χ1n) is 6.07. The zero-order chi connectivity index (χ0) is 13.5. The average molecular weight is 242 g/mol. The zero-order valence-electron chi connectivity index (χ0n) is 11.1. The molecule has 18 heavy (non-hydrogen) atoms. The first-order valence-corrected chi connectivity index (χ1v) is 6.07. The van der Waals surface area contributed by atoms with Crippen molar-refractivity contribution in [3.63, 3.8) is 0 Å². The van der Waals surface area contributed by atoms with Crippen LogP contribution in [0.15, 0.2) is 12.1 Å². The van der Waals surface area contributed by atoms with Crippen molar-refractivity contribution in [3.05, 3.63) is 23.4 Å². The molecule has 0 unspecified atom stereocenters. The van der Waals surface area contributed by atoms with E-state index in [0.29, 0.717) is 24.4 Å². The quantitative estimate of drug-likeness (QED) is 0.796. The molecule has 1 aromatic heterocycles. The minimum absolute atomic E-state index is 0.463. The largest absolute Gasteiger partial charge is 0.355 e. The lowest BCUT2D eigenvalue weighted by Gasteiger charge is -2.25. The number of rotatable bonds is 5. The number of aromatic nitrogens is 1. The van der Waals surface area contributed by atoms with Gasteiger partial charge < -0.3 is 4.90 Å². The van der Waals surface area contributed by atoms with Crippen LogP contribution in [0.3, 0.4) is 0 Å². The first kappa shape index (κ1) is 14.0. The SMILES string of the molecule is Cc1cc(C#N)cc(N(CCC#N)CC(C)C)n1. The van der Waals surface area contributed by atoms with Crippen molar-refractivity contribution in [1.29, 1.82) is 10.5 Å². The summed E-state index contributed by atoms with van der Waals surface area (Å²) in [5.41, 5.74) is 1.44. The maximum absolute atomic E-state index is 8.98. The Balaban J connectivity index is 3.00. The van der Waals surface area contributed by atoms with Gasteiger partial charge in [-0.3, -0.25) is 0 Å². The van der Waals surface area contributed by atoms with E-state index < -0.39 is 0 Å². The van der Waals surface area contributed by atoms with Crippen molar-refractivity contribution in [2.24, 2.45) is 5.92 Å². The molecule has 0 atom stereocenters. The monoisotopic (exact) mass is 242 g/mol. The number of nitriles is 2. The summed E-state index contributed by atoms with van der Waals surface area (Å²) in [6.45, 7) is 7.61. The Bertz CT molecular complexity index is 480. The Morgan fingerprint density at radius 1 is 1.33 bits per heavy atom. The summed E-state index contributed by atoms with van der Waals surface area (Å²) >= 11 is 0. The van der Waals surface area contributed by atoms with Gasteiger partial charge in [-0.25, -0.2) is 4.98 Å². The molecule has 0 bridgehead atoms. The molecule has 0 N–H and O–H groups in total. The van der Waals surface area contributed by atoms with Gasteiger partial charge in [0.25, 0.3) is 0 Å². The van der Waals surface area contributed by atoms with Gasteiger partial charge in [-0.05, 0) is 25.0 Å². The molecule has 1 rings (SSSR count). The summed E-state index contributed by atoms with van der Waals surface area (Å²) in [7, 11) is 0. The lowest BCUT2D eigenvalue weighted by Crippen LogP contribution is -2.29. The van der Waals surface area contributed by atoms with E-state index in [1.165, 1.54) is 0 Å². The maximum atomic E-state index is 8.98. The highest BCUT2D eigenvalue weighted by atomic mass is 15.2. The van der Waals surface area contributed by atoms with E-state index in [0.717, 1.165) is 18.1 Å². The molecule has 0 fully saturated rings. The fourth-order valence-electron chi connectivity index (χ4n) is 1.80. The normalized spacial score (nSPS) is 9.89.